The highest BCUT2D eigenvalue weighted by Gasteiger charge is 2.22. The highest BCUT2D eigenvalue weighted by atomic mass is 16.5. The molecular weight excluding hydrogens is 210 g/mol. The van der Waals surface area contributed by atoms with Gasteiger partial charge in [0.25, 0.3) is 0 Å². The minimum Gasteiger partial charge on any atom is -0.490 e. The molecule has 1 aromatic rings. The maximum absolute atomic E-state index is 6.27. The lowest BCUT2D eigenvalue weighted by molar-refractivity contribution is 0.254. The summed E-state index contributed by atoms with van der Waals surface area (Å²) in [4.78, 5) is 0. The molecule has 2 N–H and O–H groups in total. The van der Waals surface area contributed by atoms with Gasteiger partial charge in [-0.3, -0.25) is 0 Å². The van der Waals surface area contributed by atoms with E-state index in [4.69, 9.17) is 10.5 Å². The highest BCUT2D eigenvalue weighted by molar-refractivity contribution is 5.41. The second kappa shape index (κ2) is 4.34. The Hall–Kier alpha value is -1.02. The van der Waals surface area contributed by atoms with Crippen LogP contribution in [0.1, 0.15) is 51.3 Å². The van der Waals surface area contributed by atoms with Crippen LogP contribution in [0.2, 0.25) is 0 Å². The Labute approximate surface area is 104 Å². The summed E-state index contributed by atoms with van der Waals surface area (Å²) < 4.78 is 5.70. The van der Waals surface area contributed by atoms with Crippen LogP contribution >= 0.6 is 0 Å². The topological polar surface area (TPSA) is 35.2 Å². The molecule has 1 aliphatic heterocycles. The SMILES string of the molecule is CC1Cc2cc(C(N)CC(C)(C)C)ccc2O1. The molecule has 17 heavy (non-hydrogen) atoms. The third-order valence-corrected chi connectivity index (χ3v) is 3.18. The maximum atomic E-state index is 6.27. The minimum atomic E-state index is 0.121. The second-order valence-corrected chi connectivity index (χ2v) is 6.37. The number of fused-ring (bicyclic) bond motifs is 1. The van der Waals surface area contributed by atoms with Crippen LogP contribution in [0, 0.1) is 5.41 Å². The van der Waals surface area contributed by atoms with Gasteiger partial charge in [-0.05, 0) is 36.0 Å². The van der Waals surface area contributed by atoms with Gasteiger partial charge in [-0.1, -0.05) is 32.9 Å². The minimum absolute atomic E-state index is 0.121. The Balaban J connectivity index is 2.16. The molecule has 2 heteroatoms. The standard InChI is InChI=1S/C15H23NO/c1-10-7-12-8-11(5-6-14(12)17-10)13(16)9-15(2,3)4/h5-6,8,10,13H,7,9,16H2,1-4H3. The first-order valence-electron chi connectivity index (χ1n) is 6.40. The molecule has 0 saturated carbocycles. The molecule has 2 nitrogen and oxygen atoms in total. The van der Waals surface area contributed by atoms with Gasteiger partial charge in [-0.15, -0.1) is 0 Å². The Bertz CT molecular complexity index is 406. The molecule has 94 valence electrons. The van der Waals surface area contributed by atoms with Crippen LogP contribution < -0.4 is 10.5 Å². The fourth-order valence-electron chi connectivity index (χ4n) is 2.45. The molecule has 0 fully saturated rings. The van der Waals surface area contributed by atoms with Gasteiger partial charge >= 0.3 is 0 Å². The lowest BCUT2D eigenvalue weighted by Gasteiger charge is -2.23. The average molecular weight is 233 g/mol. The van der Waals surface area contributed by atoms with Crippen LogP contribution in [0.3, 0.4) is 0 Å². The van der Waals surface area contributed by atoms with Crippen molar-refractivity contribution in [1.82, 2.24) is 0 Å². The molecule has 2 unspecified atom stereocenters. The number of benzene rings is 1. The first kappa shape index (κ1) is 12.4. The van der Waals surface area contributed by atoms with Crippen molar-refractivity contribution in [2.45, 2.75) is 52.7 Å². The second-order valence-electron chi connectivity index (χ2n) is 6.37. The molecule has 2 atom stereocenters. The van der Waals surface area contributed by atoms with Crippen molar-refractivity contribution in [2.75, 3.05) is 0 Å². The molecule has 0 radical (unpaired) electrons. The van der Waals surface area contributed by atoms with E-state index in [9.17, 15) is 0 Å². The van der Waals surface area contributed by atoms with Crippen LogP contribution in [0.4, 0.5) is 0 Å². The van der Waals surface area contributed by atoms with Gasteiger partial charge in [0.05, 0.1) is 0 Å². The summed E-state index contributed by atoms with van der Waals surface area (Å²) in [6.45, 7) is 8.79. The fourth-order valence-corrected chi connectivity index (χ4v) is 2.45. The zero-order valence-corrected chi connectivity index (χ0v) is 11.3. The van der Waals surface area contributed by atoms with E-state index in [0.29, 0.717) is 6.10 Å². The van der Waals surface area contributed by atoms with Crippen LogP contribution in [-0.2, 0) is 6.42 Å². The van der Waals surface area contributed by atoms with Crippen LogP contribution in [0.25, 0.3) is 0 Å². The molecule has 1 heterocycles. The van der Waals surface area contributed by atoms with Gasteiger partial charge in [0.1, 0.15) is 11.9 Å². The van der Waals surface area contributed by atoms with Crippen molar-refractivity contribution in [3.8, 4) is 5.75 Å². The van der Waals surface area contributed by atoms with Crippen molar-refractivity contribution in [3.05, 3.63) is 29.3 Å². The predicted molar refractivity (Wildman–Crippen MR) is 71.2 cm³/mol. The maximum Gasteiger partial charge on any atom is 0.123 e. The lowest BCUT2D eigenvalue weighted by atomic mass is 9.85. The average Bonchev–Trinajstić information content (AvgIpc) is 2.53. The molecule has 0 amide bonds. The van der Waals surface area contributed by atoms with Crippen molar-refractivity contribution in [3.63, 3.8) is 0 Å². The van der Waals surface area contributed by atoms with E-state index in [0.717, 1.165) is 18.6 Å². The highest BCUT2D eigenvalue weighted by Crippen LogP contribution is 2.33. The number of hydrogen-bond acceptors (Lipinski definition) is 2. The number of rotatable bonds is 2. The Kier molecular flexibility index (Phi) is 3.17. The van der Waals surface area contributed by atoms with Crippen molar-refractivity contribution >= 4 is 0 Å². The van der Waals surface area contributed by atoms with E-state index < -0.39 is 0 Å². The summed E-state index contributed by atoms with van der Waals surface area (Å²) in [6, 6.07) is 6.51. The van der Waals surface area contributed by atoms with E-state index in [2.05, 4.69) is 45.9 Å². The molecule has 0 bridgehead atoms. The van der Waals surface area contributed by atoms with Crippen molar-refractivity contribution in [2.24, 2.45) is 11.1 Å². The fraction of sp³-hybridized carbons (Fsp3) is 0.600. The third-order valence-electron chi connectivity index (χ3n) is 3.18. The summed E-state index contributed by atoms with van der Waals surface area (Å²) in [7, 11) is 0. The summed E-state index contributed by atoms with van der Waals surface area (Å²) in [6.07, 6.45) is 2.31. The van der Waals surface area contributed by atoms with Gasteiger partial charge in [0, 0.05) is 12.5 Å². The molecule has 0 aromatic heterocycles. The molecule has 0 aliphatic carbocycles. The van der Waals surface area contributed by atoms with E-state index in [1.807, 2.05) is 0 Å². The first-order valence-corrected chi connectivity index (χ1v) is 6.40. The first-order chi connectivity index (χ1) is 7.85. The largest absolute Gasteiger partial charge is 0.490 e. The zero-order chi connectivity index (χ0) is 12.6. The smallest absolute Gasteiger partial charge is 0.123 e. The van der Waals surface area contributed by atoms with Gasteiger partial charge in [-0.25, -0.2) is 0 Å². The van der Waals surface area contributed by atoms with E-state index >= 15 is 0 Å². The van der Waals surface area contributed by atoms with Crippen molar-refractivity contribution in [1.29, 1.82) is 0 Å². The normalized spacial score (nSPS) is 20.9. The van der Waals surface area contributed by atoms with E-state index in [1.54, 1.807) is 0 Å². The molecule has 0 spiro atoms. The Morgan fingerprint density at radius 2 is 2.12 bits per heavy atom. The van der Waals surface area contributed by atoms with E-state index in [1.165, 1.54) is 11.1 Å². The number of ether oxygens (including phenoxy) is 1. The molecule has 0 saturated heterocycles. The number of hydrogen-bond donors (Lipinski definition) is 1. The predicted octanol–water partition coefficient (Wildman–Crippen LogP) is 3.45. The summed E-state index contributed by atoms with van der Waals surface area (Å²) >= 11 is 0. The van der Waals surface area contributed by atoms with Crippen LogP contribution in [0.5, 0.6) is 5.75 Å². The van der Waals surface area contributed by atoms with E-state index in [-0.39, 0.29) is 11.5 Å². The summed E-state index contributed by atoms with van der Waals surface area (Å²) in [5.74, 6) is 1.03. The van der Waals surface area contributed by atoms with Gasteiger partial charge < -0.3 is 10.5 Å². The Morgan fingerprint density at radius 1 is 1.41 bits per heavy atom. The summed E-state index contributed by atoms with van der Waals surface area (Å²) in [5, 5.41) is 0. The molecule has 1 aliphatic rings. The van der Waals surface area contributed by atoms with Crippen molar-refractivity contribution < 1.29 is 4.74 Å². The van der Waals surface area contributed by atoms with Crippen LogP contribution in [-0.4, -0.2) is 6.10 Å². The molecule has 1 aromatic carbocycles. The lowest BCUT2D eigenvalue weighted by Crippen LogP contribution is -2.18. The van der Waals surface area contributed by atoms with Gasteiger partial charge in [-0.2, -0.15) is 0 Å². The molecular formula is C15H23NO. The Morgan fingerprint density at radius 3 is 2.76 bits per heavy atom. The molecule has 2 rings (SSSR count). The third kappa shape index (κ3) is 3.01. The summed E-state index contributed by atoms with van der Waals surface area (Å²) in [5.41, 5.74) is 9.07. The van der Waals surface area contributed by atoms with Crippen LogP contribution in [0.15, 0.2) is 18.2 Å². The zero-order valence-electron chi connectivity index (χ0n) is 11.3. The van der Waals surface area contributed by atoms with Gasteiger partial charge in [0.2, 0.25) is 0 Å². The monoisotopic (exact) mass is 233 g/mol. The quantitative estimate of drug-likeness (QED) is 0.849. The van der Waals surface area contributed by atoms with Gasteiger partial charge in [0.15, 0.2) is 0 Å². The number of nitrogens with two attached hydrogens (primary N) is 1.